The second kappa shape index (κ2) is 5.07. The molecule has 0 N–H and O–H groups in total. The molecular formula is C13H11FN2S. The van der Waals surface area contributed by atoms with Gasteiger partial charge in [-0.1, -0.05) is 13.3 Å². The zero-order valence-corrected chi connectivity index (χ0v) is 10.2. The molecule has 17 heavy (non-hydrogen) atoms. The summed E-state index contributed by atoms with van der Waals surface area (Å²) in [6.07, 6.45) is 3.44. The van der Waals surface area contributed by atoms with E-state index in [2.05, 4.69) is 11.9 Å². The monoisotopic (exact) mass is 246 g/mol. The number of halogens is 1. The molecule has 0 spiro atoms. The summed E-state index contributed by atoms with van der Waals surface area (Å²) in [4.78, 5) is 4.09. The topological polar surface area (TPSA) is 36.7 Å². The van der Waals surface area contributed by atoms with Gasteiger partial charge in [0.2, 0.25) is 0 Å². The van der Waals surface area contributed by atoms with E-state index in [4.69, 9.17) is 5.26 Å². The van der Waals surface area contributed by atoms with Gasteiger partial charge < -0.3 is 0 Å². The molecule has 0 aliphatic carbocycles. The van der Waals surface area contributed by atoms with E-state index in [9.17, 15) is 4.39 Å². The van der Waals surface area contributed by atoms with Crippen LogP contribution in [0.4, 0.5) is 4.39 Å². The van der Waals surface area contributed by atoms with Crippen LogP contribution in [0.25, 0.3) is 10.6 Å². The Bertz CT molecular complexity index is 556. The number of nitrogens with zero attached hydrogens (tertiary/aromatic N) is 2. The van der Waals surface area contributed by atoms with E-state index in [1.165, 1.54) is 11.3 Å². The highest BCUT2D eigenvalue weighted by Gasteiger charge is 2.13. The molecule has 0 atom stereocenters. The van der Waals surface area contributed by atoms with Crippen LogP contribution in [0.1, 0.15) is 24.5 Å². The van der Waals surface area contributed by atoms with Crippen LogP contribution < -0.4 is 0 Å². The lowest BCUT2D eigenvalue weighted by molar-refractivity contribution is 0.626. The minimum Gasteiger partial charge on any atom is -0.244 e. The molecule has 0 unspecified atom stereocenters. The Balaban J connectivity index is 2.58. The summed E-state index contributed by atoms with van der Waals surface area (Å²) in [5, 5.41) is 11.3. The highest BCUT2D eigenvalue weighted by molar-refractivity contribution is 7.13. The second-order valence-electron chi connectivity index (χ2n) is 3.70. The van der Waals surface area contributed by atoms with Crippen LogP contribution in [0.5, 0.6) is 0 Å². The quantitative estimate of drug-likeness (QED) is 0.826. The van der Waals surface area contributed by atoms with Gasteiger partial charge in [-0.25, -0.2) is 9.37 Å². The van der Waals surface area contributed by atoms with Crippen LogP contribution in [-0.2, 0) is 6.42 Å². The Morgan fingerprint density at radius 3 is 2.88 bits per heavy atom. The smallest absolute Gasteiger partial charge is 0.151 e. The number of nitriles is 1. The largest absolute Gasteiger partial charge is 0.244 e. The van der Waals surface area contributed by atoms with Crippen molar-refractivity contribution in [3.8, 4) is 16.6 Å². The lowest BCUT2D eigenvalue weighted by atomic mass is 10.0. The zero-order valence-electron chi connectivity index (χ0n) is 9.40. The molecule has 1 heterocycles. The van der Waals surface area contributed by atoms with Gasteiger partial charge in [0.25, 0.3) is 0 Å². The Morgan fingerprint density at radius 1 is 1.47 bits per heavy atom. The van der Waals surface area contributed by atoms with E-state index in [0.717, 1.165) is 18.4 Å². The molecule has 1 aromatic carbocycles. The van der Waals surface area contributed by atoms with Crippen LogP contribution in [0.15, 0.2) is 23.7 Å². The van der Waals surface area contributed by atoms with Crippen molar-refractivity contribution in [2.75, 3.05) is 0 Å². The van der Waals surface area contributed by atoms with Crippen molar-refractivity contribution in [2.45, 2.75) is 19.8 Å². The molecule has 2 nitrogen and oxygen atoms in total. The third-order valence-corrected chi connectivity index (χ3v) is 3.26. The van der Waals surface area contributed by atoms with Crippen LogP contribution in [0.2, 0.25) is 0 Å². The Labute approximate surface area is 103 Å². The zero-order chi connectivity index (χ0) is 12.3. The minimum atomic E-state index is -0.470. The van der Waals surface area contributed by atoms with Crippen molar-refractivity contribution >= 4 is 11.3 Å². The number of aromatic nitrogens is 1. The number of thiazole rings is 1. The molecule has 0 aliphatic heterocycles. The first-order valence-corrected chi connectivity index (χ1v) is 6.26. The summed E-state index contributed by atoms with van der Waals surface area (Å²) in [6.45, 7) is 2.05. The summed E-state index contributed by atoms with van der Waals surface area (Å²) in [6, 6.07) is 5.31. The van der Waals surface area contributed by atoms with E-state index in [1.807, 2.05) is 6.07 Å². The molecule has 2 aromatic rings. The van der Waals surface area contributed by atoms with Gasteiger partial charge in [0.1, 0.15) is 11.1 Å². The Kier molecular flexibility index (Phi) is 3.50. The van der Waals surface area contributed by atoms with Crippen molar-refractivity contribution in [3.05, 3.63) is 40.7 Å². The molecule has 0 radical (unpaired) electrons. The SMILES string of the molecule is CCCc1cc(C#N)c(F)c(-c2nccs2)c1. The molecule has 0 bridgehead atoms. The molecule has 1 aromatic heterocycles. The maximum absolute atomic E-state index is 14.0. The number of rotatable bonds is 3. The summed E-state index contributed by atoms with van der Waals surface area (Å²) in [5.74, 6) is -0.470. The Morgan fingerprint density at radius 2 is 2.29 bits per heavy atom. The van der Waals surface area contributed by atoms with Crippen LogP contribution in [0, 0.1) is 17.1 Å². The lowest BCUT2D eigenvalue weighted by Crippen LogP contribution is -1.94. The van der Waals surface area contributed by atoms with Gasteiger partial charge in [0, 0.05) is 17.1 Å². The summed E-state index contributed by atoms with van der Waals surface area (Å²) in [7, 11) is 0. The van der Waals surface area contributed by atoms with Crippen molar-refractivity contribution in [3.63, 3.8) is 0 Å². The van der Waals surface area contributed by atoms with Crippen molar-refractivity contribution in [1.82, 2.24) is 4.98 Å². The fraction of sp³-hybridized carbons (Fsp3) is 0.231. The molecule has 2 rings (SSSR count). The molecule has 4 heteroatoms. The lowest BCUT2D eigenvalue weighted by Gasteiger charge is -2.05. The van der Waals surface area contributed by atoms with Gasteiger partial charge in [-0.2, -0.15) is 5.26 Å². The maximum atomic E-state index is 14.0. The first-order chi connectivity index (χ1) is 8.26. The predicted octanol–water partition coefficient (Wildman–Crippen LogP) is 3.77. The first-order valence-electron chi connectivity index (χ1n) is 5.38. The minimum absolute atomic E-state index is 0.0983. The van der Waals surface area contributed by atoms with Crippen molar-refractivity contribution < 1.29 is 4.39 Å². The van der Waals surface area contributed by atoms with E-state index < -0.39 is 5.82 Å². The first kappa shape index (κ1) is 11.7. The number of hydrogen-bond acceptors (Lipinski definition) is 3. The second-order valence-corrected chi connectivity index (χ2v) is 4.60. The molecule has 0 aliphatic rings. The van der Waals surface area contributed by atoms with E-state index in [0.29, 0.717) is 10.6 Å². The standard InChI is InChI=1S/C13H11FN2S/c1-2-3-9-6-10(8-15)12(14)11(7-9)13-16-4-5-17-13/h4-7H,2-3H2,1H3. The van der Waals surface area contributed by atoms with Gasteiger partial charge >= 0.3 is 0 Å². The third-order valence-electron chi connectivity index (χ3n) is 2.45. The summed E-state index contributed by atoms with van der Waals surface area (Å²) >= 11 is 1.38. The van der Waals surface area contributed by atoms with E-state index in [1.54, 1.807) is 23.7 Å². The highest BCUT2D eigenvalue weighted by Crippen LogP contribution is 2.28. The predicted molar refractivity (Wildman–Crippen MR) is 66.2 cm³/mol. The average Bonchev–Trinajstić information content (AvgIpc) is 2.85. The van der Waals surface area contributed by atoms with Crippen LogP contribution >= 0.6 is 11.3 Å². The molecule has 0 fully saturated rings. The fourth-order valence-electron chi connectivity index (χ4n) is 1.71. The van der Waals surface area contributed by atoms with Crippen molar-refractivity contribution in [2.24, 2.45) is 0 Å². The van der Waals surface area contributed by atoms with E-state index in [-0.39, 0.29) is 5.56 Å². The van der Waals surface area contributed by atoms with Crippen molar-refractivity contribution in [1.29, 1.82) is 5.26 Å². The maximum Gasteiger partial charge on any atom is 0.151 e. The third kappa shape index (κ3) is 2.34. The number of aryl methyl sites for hydroxylation is 1. The van der Waals surface area contributed by atoms with Crippen LogP contribution in [-0.4, -0.2) is 4.98 Å². The summed E-state index contributed by atoms with van der Waals surface area (Å²) < 4.78 is 14.0. The molecular weight excluding hydrogens is 235 g/mol. The van der Waals surface area contributed by atoms with Gasteiger partial charge in [-0.15, -0.1) is 11.3 Å². The fourth-order valence-corrected chi connectivity index (χ4v) is 2.36. The molecule has 86 valence electrons. The van der Waals surface area contributed by atoms with Gasteiger partial charge in [-0.05, 0) is 24.1 Å². The normalized spacial score (nSPS) is 10.2. The summed E-state index contributed by atoms with van der Waals surface area (Å²) in [5.41, 5.74) is 1.51. The highest BCUT2D eigenvalue weighted by atomic mass is 32.1. The molecule has 0 saturated carbocycles. The average molecular weight is 246 g/mol. The van der Waals surface area contributed by atoms with Gasteiger partial charge in [-0.3, -0.25) is 0 Å². The van der Waals surface area contributed by atoms with E-state index >= 15 is 0 Å². The van der Waals surface area contributed by atoms with Gasteiger partial charge in [0.05, 0.1) is 5.56 Å². The molecule has 0 amide bonds. The van der Waals surface area contributed by atoms with Crippen LogP contribution in [0.3, 0.4) is 0 Å². The molecule has 0 saturated heterocycles. The van der Waals surface area contributed by atoms with Gasteiger partial charge in [0.15, 0.2) is 5.82 Å². The number of benzene rings is 1. The number of hydrogen-bond donors (Lipinski definition) is 0. The Hall–Kier alpha value is -1.73.